The highest BCUT2D eigenvalue weighted by Crippen LogP contribution is 2.32. The fraction of sp³-hybridized carbons (Fsp3) is 0.286. The van der Waals surface area contributed by atoms with E-state index in [1.165, 1.54) is 0 Å². The number of nitrogens with zero attached hydrogens (tertiary/aromatic N) is 3. The van der Waals surface area contributed by atoms with Gasteiger partial charge >= 0.3 is 0 Å². The smallest absolute Gasteiger partial charge is 0.225 e. The molecule has 0 unspecified atom stereocenters. The van der Waals surface area contributed by atoms with Crippen LogP contribution in [0.5, 0.6) is 11.5 Å². The molecule has 0 amide bonds. The molecule has 3 rings (SSSR count). The second-order valence-corrected chi connectivity index (χ2v) is 6.34. The average molecular weight is 379 g/mol. The Kier molecular flexibility index (Phi) is 6.26. The van der Waals surface area contributed by atoms with Gasteiger partial charge in [-0.1, -0.05) is 6.92 Å². The quantitative estimate of drug-likeness (QED) is 0.596. The number of aromatic nitrogens is 3. The first-order chi connectivity index (χ1) is 13.6. The predicted octanol–water partition coefficient (Wildman–Crippen LogP) is 4.51. The summed E-state index contributed by atoms with van der Waals surface area (Å²) in [5.74, 6) is 2.62. The largest absolute Gasteiger partial charge is 0.497 e. The molecule has 0 spiro atoms. The van der Waals surface area contributed by atoms with Crippen molar-refractivity contribution in [1.29, 1.82) is 0 Å². The monoisotopic (exact) mass is 379 g/mol. The van der Waals surface area contributed by atoms with Crippen molar-refractivity contribution < 1.29 is 9.47 Å². The van der Waals surface area contributed by atoms with Gasteiger partial charge in [0.25, 0.3) is 0 Å². The highest BCUT2D eigenvalue weighted by molar-refractivity contribution is 5.70. The van der Waals surface area contributed by atoms with E-state index in [1.54, 1.807) is 26.6 Å². The number of anilines is 3. The molecule has 0 aliphatic rings. The molecule has 0 saturated carbocycles. The summed E-state index contributed by atoms with van der Waals surface area (Å²) in [6, 6.07) is 11.6. The van der Waals surface area contributed by atoms with Crippen LogP contribution >= 0.6 is 0 Å². The molecule has 1 aromatic carbocycles. The van der Waals surface area contributed by atoms with Gasteiger partial charge in [-0.05, 0) is 37.6 Å². The molecule has 0 aliphatic heterocycles. The number of hydrogen-bond acceptors (Lipinski definition) is 7. The van der Waals surface area contributed by atoms with Gasteiger partial charge in [0.05, 0.1) is 25.6 Å². The van der Waals surface area contributed by atoms with Gasteiger partial charge in [0.1, 0.15) is 17.3 Å². The van der Waals surface area contributed by atoms with Gasteiger partial charge < -0.3 is 20.1 Å². The van der Waals surface area contributed by atoms with Gasteiger partial charge in [-0.25, -0.2) is 4.98 Å². The fourth-order valence-electron chi connectivity index (χ4n) is 2.61. The molecule has 3 aromatic rings. The molecule has 7 nitrogen and oxygen atoms in total. The summed E-state index contributed by atoms with van der Waals surface area (Å²) in [5, 5.41) is 6.67. The maximum Gasteiger partial charge on any atom is 0.225 e. The van der Waals surface area contributed by atoms with Gasteiger partial charge in [0, 0.05) is 36.1 Å². The van der Waals surface area contributed by atoms with E-state index in [0.29, 0.717) is 17.5 Å². The van der Waals surface area contributed by atoms with Crippen LogP contribution in [0.2, 0.25) is 0 Å². The minimum atomic E-state index is 0.260. The van der Waals surface area contributed by atoms with E-state index >= 15 is 0 Å². The summed E-state index contributed by atoms with van der Waals surface area (Å²) in [4.78, 5) is 13.4. The highest BCUT2D eigenvalue weighted by atomic mass is 16.5. The van der Waals surface area contributed by atoms with E-state index in [1.807, 2.05) is 36.4 Å². The first-order valence-electron chi connectivity index (χ1n) is 9.18. The van der Waals surface area contributed by atoms with Crippen LogP contribution in [0.3, 0.4) is 0 Å². The zero-order chi connectivity index (χ0) is 19.9. The van der Waals surface area contributed by atoms with E-state index in [2.05, 4.69) is 39.4 Å². The second-order valence-electron chi connectivity index (χ2n) is 6.34. The van der Waals surface area contributed by atoms with Crippen molar-refractivity contribution in [2.24, 2.45) is 0 Å². The number of rotatable bonds is 8. The molecule has 2 heterocycles. The molecule has 28 heavy (non-hydrogen) atoms. The molecule has 0 saturated heterocycles. The minimum absolute atomic E-state index is 0.260. The molecule has 7 heteroatoms. The van der Waals surface area contributed by atoms with E-state index in [9.17, 15) is 0 Å². The molecule has 2 aromatic heterocycles. The maximum absolute atomic E-state index is 5.48. The Balaban J connectivity index is 1.99. The van der Waals surface area contributed by atoms with Crippen LogP contribution in [0, 0.1) is 0 Å². The molecule has 1 atom stereocenters. The predicted molar refractivity (Wildman–Crippen MR) is 111 cm³/mol. The third kappa shape index (κ3) is 4.68. The van der Waals surface area contributed by atoms with Crippen molar-refractivity contribution >= 4 is 17.5 Å². The van der Waals surface area contributed by atoms with Crippen LogP contribution in [0.15, 0.2) is 48.8 Å². The Labute approximate surface area is 165 Å². The van der Waals surface area contributed by atoms with E-state index in [-0.39, 0.29) is 6.04 Å². The zero-order valence-corrected chi connectivity index (χ0v) is 16.6. The van der Waals surface area contributed by atoms with E-state index in [4.69, 9.17) is 9.47 Å². The number of pyridine rings is 1. The summed E-state index contributed by atoms with van der Waals surface area (Å²) < 4.78 is 10.7. The molecule has 2 N–H and O–H groups in total. The molecular formula is C21H25N5O2. The third-order valence-corrected chi connectivity index (χ3v) is 4.36. The summed E-state index contributed by atoms with van der Waals surface area (Å²) >= 11 is 0. The zero-order valence-electron chi connectivity index (χ0n) is 16.6. The minimum Gasteiger partial charge on any atom is -0.497 e. The van der Waals surface area contributed by atoms with Crippen LogP contribution in [-0.2, 0) is 0 Å². The van der Waals surface area contributed by atoms with Crippen molar-refractivity contribution in [2.45, 2.75) is 26.3 Å². The van der Waals surface area contributed by atoms with Gasteiger partial charge in [-0.3, -0.25) is 4.98 Å². The van der Waals surface area contributed by atoms with Crippen LogP contribution in [-0.4, -0.2) is 35.2 Å². The van der Waals surface area contributed by atoms with E-state index in [0.717, 1.165) is 29.1 Å². The lowest BCUT2D eigenvalue weighted by atomic mass is 10.2. The Morgan fingerprint density at radius 2 is 1.79 bits per heavy atom. The summed E-state index contributed by atoms with van der Waals surface area (Å²) in [5.41, 5.74) is 2.56. The number of hydrogen-bond donors (Lipinski definition) is 2. The first kappa shape index (κ1) is 19.4. The summed E-state index contributed by atoms with van der Waals surface area (Å²) in [7, 11) is 3.25. The number of nitrogens with one attached hydrogen (secondary N) is 2. The third-order valence-electron chi connectivity index (χ3n) is 4.36. The second kappa shape index (κ2) is 9.03. The molecular weight excluding hydrogens is 354 g/mol. The SMILES string of the molecule is CC[C@H](C)Nc1nc(Nc2ccc(OC)cc2OC)cc(-c2ccncc2)n1. The lowest BCUT2D eigenvalue weighted by Gasteiger charge is -2.16. The van der Waals surface area contributed by atoms with Crippen molar-refractivity contribution in [1.82, 2.24) is 15.0 Å². The molecule has 0 fully saturated rings. The number of benzene rings is 1. The van der Waals surface area contributed by atoms with Gasteiger partial charge in [-0.15, -0.1) is 0 Å². The number of ether oxygens (including phenoxy) is 2. The van der Waals surface area contributed by atoms with Gasteiger partial charge in [-0.2, -0.15) is 4.98 Å². The normalized spacial score (nSPS) is 11.6. The first-order valence-corrected chi connectivity index (χ1v) is 9.18. The number of methoxy groups -OCH3 is 2. The Bertz CT molecular complexity index is 918. The maximum atomic E-state index is 5.48. The van der Waals surface area contributed by atoms with Crippen molar-refractivity contribution in [3.05, 3.63) is 48.8 Å². The van der Waals surface area contributed by atoms with Gasteiger partial charge in [0.2, 0.25) is 5.95 Å². The van der Waals surface area contributed by atoms with E-state index < -0.39 is 0 Å². The molecule has 0 aliphatic carbocycles. The topological polar surface area (TPSA) is 81.2 Å². The molecule has 0 bridgehead atoms. The summed E-state index contributed by atoms with van der Waals surface area (Å²) in [6.45, 7) is 4.22. The lowest BCUT2D eigenvalue weighted by molar-refractivity contribution is 0.395. The Morgan fingerprint density at radius 3 is 2.46 bits per heavy atom. The van der Waals surface area contributed by atoms with Gasteiger partial charge in [0.15, 0.2) is 0 Å². The van der Waals surface area contributed by atoms with Crippen molar-refractivity contribution in [3.63, 3.8) is 0 Å². The highest BCUT2D eigenvalue weighted by Gasteiger charge is 2.11. The molecule has 146 valence electrons. The summed E-state index contributed by atoms with van der Waals surface area (Å²) in [6.07, 6.45) is 4.47. The standard InChI is InChI=1S/C21H25N5O2/c1-5-14(2)23-21-25-18(15-8-10-22-11-9-15)13-20(26-21)24-17-7-6-16(27-3)12-19(17)28-4/h6-14H,5H2,1-4H3,(H2,23,24,25,26)/t14-/m0/s1. The van der Waals surface area contributed by atoms with Crippen LogP contribution in [0.1, 0.15) is 20.3 Å². The van der Waals surface area contributed by atoms with Crippen LogP contribution < -0.4 is 20.1 Å². The van der Waals surface area contributed by atoms with Crippen molar-refractivity contribution in [3.8, 4) is 22.8 Å². The van der Waals surface area contributed by atoms with Crippen LogP contribution in [0.25, 0.3) is 11.3 Å². The average Bonchev–Trinajstić information content (AvgIpc) is 2.74. The van der Waals surface area contributed by atoms with Crippen molar-refractivity contribution in [2.75, 3.05) is 24.9 Å². The van der Waals surface area contributed by atoms with Crippen LogP contribution in [0.4, 0.5) is 17.5 Å². The lowest BCUT2D eigenvalue weighted by Crippen LogP contribution is -2.16. The fourth-order valence-corrected chi connectivity index (χ4v) is 2.61. The Morgan fingerprint density at radius 1 is 1.00 bits per heavy atom. The molecule has 0 radical (unpaired) electrons. The Hall–Kier alpha value is -3.35.